The van der Waals surface area contributed by atoms with Crippen molar-refractivity contribution in [3.8, 4) is 0 Å². The lowest BCUT2D eigenvalue weighted by Crippen LogP contribution is -2.48. The highest BCUT2D eigenvalue weighted by atomic mass is 79.9. The molecule has 0 saturated carbocycles. The van der Waals surface area contributed by atoms with Gasteiger partial charge in [0.25, 0.3) is 0 Å². The molecule has 3 unspecified atom stereocenters. The fourth-order valence-electron chi connectivity index (χ4n) is 3.01. The molecule has 6 nitrogen and oxygen atoms in total. The Labute approximate surface area is 157 Å². The lowest BCUT2D eigenvalue weighted by Gasteiger charge is -2.24. The van der Waals surface area contributed by atoms with Crippen molar-refractivity contribution in [2.75, 3.05) is 18.9 Å². The first kappa shape index (κ1) is 19.9. The average molecular weight is 411 g/mol. The van der Waals surface area contributed by atoms with E-state index < -0.39 is 6.04 Å². The van der Waals surface area contributed by atoms with Crippen molar-refractivity contribution in [2.45, 2.75) is 44.6 Å². The normalized spacial score (nSPS) is 22.9. The summed E-state index contributed by atoms with van der Waals surface area (Å²) in [6, 6.07) is 5.62. The third-order valence-electron chi connectivity index (χ3n) is 4.55. The number of hydrogen-bond acceptors (Lipinski definition) is 4. The molecule has 3 atom stereocenters. The van der Waals surface area contributed by atoms with Crippen LogP contribution in [0, 0.1) is 19.8 Å². The number of nitrogens with one attached hydrogen (secondary N) is 3. The van der Waals surface area contributed by atoms with E-state index in [1.165, 1.54) is 4.90 Å². The SMILES string of the molecule is Cc1cccc(C)c1NC(=O)CN(C)C(=O)C1NNC(C(C)C)C1Br. The van der Waals surface area contributed by atoms with Crippen molar-refractivity contribution in [3.63, 3.8) is 0 Å². The van der Waals surface area contributed by atoms with E-state index in [1.54, 1.807) is 7.05 Å². The van der Waals surface area contributed by atoms with Gasteiger partial charge in [0.2, 0.25) is 11.8 Å². The summed E-state index contributed by atoms with van der Waals surface area (Å²) in [7, 11) is 1.65. The Balaban J connectivity index is 1.96. The van der Waals surface area contributed by atoms with Crippen LogP contribution in [-0.2, 0) is 9.59 Å². The lowest BCUT2D eigenvalue weighted by molar-refractivity contribution is -0.134. The molecule has 2 amide bonds. The summed E-state index contributed by atoms with van der Waals surface area (Å²) < 4.78 is 0. The van der Waals surface area contributed by atoms with Crippen LogP contribution in [0.4, 0.5) is 5.69 Å². The van der Waals surface area contributed by atoms with Gasteiger partial charge in [0, 0.05) is 18.8 Å². The van der Waals surface area contributed by atoms with E-state index in [2.05, 4.69) is 45.9 Å². The first-order valence-electron chi connectivity index (χ1n) is 8.48. The van der Waals surface area contributed by atoms with Crippen LogP contribution in [0.3, 0.4) is 0 Å². The highest BCUT2D eigenvalue weighted by Crippen LogP contribution is 2.23. The molecule has 1 fully saturated rings. The summed E-state index contributed by atoms with van der Waals surface area (Å²) in [6.45, 7) is 8.11. The van der Waals surface area contributed by atoms with Gasteiger partial charge in [-0.3, -0.25) is 15.0 Å². The molecule has 0 aromatic heterocycles. The smallest absolute Gasteiger partial charge is 0.243 e. The molecule has 2 rings (SSSR count). The molecule has 0 spiro atoms. The highest BCUT2D eigenvalue weighted by molar-refractivity contribution is 9.09. The zero-order valence-corrected chi connectivity index (χ0v) is 17.0. The second-order valence-electron chi connectivity index (χ2n) is 6.99. The van der Waals surface area contributed by atoms with Gasteiger partial charge in [0.15, 0.2) is 0 Å². The summed E-state index contributed by atoms with van der Waals surface area (Å²) in [5, 5.41) is 2.91. The molecule has 1 heterocycles. The van der Waals surface area contributed by atoms with Crippen LogP contribution in [0.1, 0.15) is 25.0 Å². The fraction of sp³-hybridized carbons (Fsp3) is 0.556. The average Bonchev–Trinajstić information content (AvgIpc) is 2.92. The summed E-state index contributed by atoms with van der Waals surface area (Å²) in [4.78, 5) is 26.4. The number of carbonyl (C=O) groups excluding carboxylic acids is 2. The van der Waals surface area contributed by atoms with Gasteiger partial charge in [-0.25, -0.2) is 5.43 Å². The van der Waals surface area contributed by atoms with E-state index in [1.807, 2.05) is 32.0 Å². The van der Waals surface area contributed by atoms with Crippen LogP contribution in [0.5, 0.6) is 0 Å². The van der Waals surface area contributed by atoms with Gasteiger partial charge >= 0.3 is 0 Å². The van der Waals surface area contributed by atoms with Crippen molar-refractivity contribution in [3.05, 3.63) is 29.3 Å². The number of hydrogen-bond donors (Lipinski definition) is 3. The minimum atomic E-state index is -0.398. The number of aryl methyl sites for hydroxylation is 2. The van der Waals surface area contributed by atoms with Crippen LogP contribution in [0.15, 0.2) is 18.2 Å². The molecule has 1 aliphatic heterocycles. The fourth-order valence-corrected chi connectivity index (χ4v) is 4.11. The third-order valence-corrected chi connectivity index (χ3v) is 5.65. The number of alkyl halides is 1. The minimum Gasteiger partial charge on any atom is -0.335 e. The number of likely N-dealkylation sites (N-methyl/N-ethyl adjacent to an activating group) is 1. The molecular weight excluding hydrogens is 384 g/mol. The van der Waals surface area contributed by atoms with Gasteiger partial charge < -0.3 is 10.2 Å². The van der Waals surface area contributed by atoms with Gasteiger partial charge in [0.1, 0.15) is 6.04 Å². The Morgan fingerprint density at radius 2 is 1.84 bits per heavy atom. The number of benzene rings is 1. The van der Waals surface area contributed by atoms with Crippen molar-refractivity contribution in [1.82, 2.24) is 15.8 Å². The second-order valence-corrected chi connectivity index (χ2v) is 8.05. The maximum Gasteiger partial charge on any atom is 0.243 e. The standard InChI is InChI=1S/C18H27BrN4O2/c1-10(2)15-14(19)17(22-21-15)18(25)23(5)9-13(24)20-16-11(3)7-6-8-12(16)4/h6-8,10,14-15,17,21-22H,9H2,1-5H3,(H,20,24). The number of anilines is 1. The van der Waals surface area contributed by atoms with Gasteiger partial charge in [-0.1, -0.05) is 48.0 Å². The minimum absolute atomic E-state index is 0.0108. The monoisotopic (exact) mass is 410 g/mol. The molecule has 1 saturated heterocycles. The molecule has 25 heavy (non-hydrogen) atoms. The zero-order valence-electron chi connectivity index (χ0n) is 15.4. The van der Waals surface area contributed by atoms with E-state index in [4.69, 9.17) is 0 Å². The topological polar surface area (TPSA) is 73.5 Å². The summed E-state index contributed by atoms with van der Waals surface area (Å²) >= 11 is 3.61. The maximum absolute atomic E-state index is 12.7. The van der Waals surface area contributed by atoms with Crippen molar-refractivity contribution in [1.29, 1.82) is 0 Å². The predicted octanol–water partition coefficient (Wildman–Crippen LogP) is 1.96. The van der Waals surface area contributed by atoms with E-state index in [9.17, 15) is 9.59 Å². The number of amides is 2. The Kier molecular flexibility index (Phi) is 6.59. The molecular formula is C18H27BrN4O2. The van der Waals surface area contributed by atoms with Crippen LogP contribution in [0.2, 0.25) is 0 Å². The lowest BCUT2D eigenvalue weighted by atomic mass is 9.99. The maximum atomic E-state index is 12.7. The van der Waals surface area contributed by atoms with E-state index in [0.717, 1.165) is 16.8 Å². The molecule has 1 aliphatic rings. The summed E-state index contributed by atoms with van der Waals surface area (Å²) in [6.07, 6.45) is 0. The molecule has 0 aliphatic carbocycles. The molecule has 7 heteroatoms. The van der Waals surface area contributed by atoms with Crippen LogP contribution >= 0.6 is 15.9 Å². The summed E-state index contributed by atoms with van der Waals surface area (Å²) in [5.74, 6) is 0.0622. The van der Waals surface area contributed by atoms with E-state index >= 15 is 0 Å². The van der Waals surface area contributed by atoms with Gasteiger partial charge in [0.05, 0.1) is 11.4 Å². The van der Waals surface area contributed by atoms with Crippen molar-refractivity contribution in [2.24, 2.45) is 5.92 Å². The number of para-hydroxylation sites is 1. The number of hydrazine groups is 1. The first-order chi connectivity index (χ1) is 11.7. The number of halogens is 1. The van der Waals surface area contributed by atoms with Crippen LogP contribution in [0.25, 0.3) is 0 Å². The highest BCUT2D eigenvalue weighted by Gasteiger charge is 2.41. The van der Waals surface area contributed by atoms with Gasteiger partial charge in [-0.15, -0.1) is 0 Å². The predicted molar refractivity (Wildman–Crippen MR) is 104 cm³/mol. The van der Waals surface area contributed by atoms with Crippen LogP contribution < -0.4 is 16.2 Å². The van der Waals surface area contributed by atoms with Gasteiger partial charge in [-0.2, -0.15) is 0 Å². The molecule has 3 N–H and O–H groups in total. The van der Waals surface area contributed by atoms with Gasteiger partial charge in [-0.05, 0) is 30.9 Å². The molecule has 0 bridgehead atoms. The number of nitrogens with zero attached hydrogens (tertiary/aromatic N) is 1. The van der Waals surface area contributed by atoms with Crippen molar-refractivity contribution < 1.29 is 9.59 Å². The third kappa shape index (κ3) is 4.59. The molecule has 1 aromatic carbocycles. The van der Waals surface area contributed by atoms with Crippen LogP contribution in [-0.4, -0.2) is 47.2 Å². The molecule has 1 aromatic rings. The van der Waals surface area contributed by atoms with E-state index in [-0.39, 0.29) is 29.2 Å². The Hall–Kier alpha value is -1.44. The Bertz CT molecular complexity index is 630. The zero-order chi connectivity index (χ0) is 18.7. The molecule has 138 valence electrons. The number of rotatable bonds is 5. The first-order valence-corrected chi connectivity index (χ1v) is 9.40. The molecule has 0 radical (unpaired) electrons. The largest absolute Gasteiger partial charge is 0.335 e. The van der Waals surface area contributed by atoms with E-state index in [0.29, 0.717) is 5.92 Å². The quantitative estimate of drug-likeness (QED) is 0.648. The Morgan fingerprint density at radius 1 is 1.24 bits per heavy atom. The van der Waals surface area contributed by atoms with Crippen molar-refractivity contribution >= 4 is 33.4 Å². The number of carbonyl (C=O) groups is 2. The Morgan fingerprint density at radius 3 is 2.36 bits per heavy atom. The summed E-state index contributed by atoms with van der Waals surface area (Å²) in [5.41, 5.74) is 9.01. The second kappa shape index (κ2) is 8.29.